The minimum absolute atomic E-state index is 0.649. The van der Waals surface area contributed by atoms with Gasteiger partial charge in [-0.25, -0.2) is 4.98 Å². The van der Waals surface area contributed by atoms with E-state index < -0.39 is 0 Å². The molecule has 0 aliphatic rings. The minimum Gasteiger partial charge on any atom is -0.494 e. The summed E-state index contributed by atoms with van der Waals surface area (Å²) in [6, 6.07) is 9.25. The predicted octanol–water partition coefficient (Wildman–Crippen LogP) is 3.53. The van der Waals surface area contributed by atoms with E-state index in [1.54, 1.807) is 23.9 Å². The Balaban J connectivity index is 1.65. The molecule has 0 aliphatic heterocycles. The summed E-state index contributed by atoms with van der Waals surface area (Å²) in [5.41, 5.74) is 0.649. The van der Waals surface area contributed by atoms with Gasteiger partial charge in [0.05, 0.1) is 18.2 Å². The van der Waals surface area contributed by atoms with E-state index in [2.05, 4.69) is 22.4 Å². The normalized spacial score (nSPS) is 10.2. The van der Waals surface area contributed by atoms with Gasteiger partial charge in [-0.2, -0.15) is 9.64 Å². The van der Waals surface area contributed by atoms with Crippen molar-refractivity contribution in [2.45, 2.75) is 24.1 Å². The molecule has 0 saturated heterocycles. The van der Waals surface area contributed by atoms with Gasteiger partial charge in [-0.1, -0.05) is 18.7 Å². The Morgan fingerprint density at radius 1 is 1.35 bits per heavy atom. The topological polar surface area (TPSA) is 58.8 Å². The summed E-state index contributed by atoms with van der Waals surface area (Å²) in [4.78, 5) is 4.40. The maximum absolute atomic E-state index is 8.70. The van der Waals surface area contributed by atoms with Gasteiger partial charge in [0.2, 0.25) is 0 Å². The molecule has 0 radical (unpaired) electrons. The molecule has 1 aromatic heterocycles. The van der Waals surface area contributed by atoms with Crippen LogP contribution < -0.4 is 4.74 Å². The third kappa shape index (κ3) is 4.51. The van der Waals surface area contributed by atoms with Crippen LogP contribution in [0.5, 0.6) is 5.75 Å². The Hall–Kier alpha value is -1.58. The van der Waals surface area contributed by atoms with Gasteiger partial charge >= 0.3 is 0 Å². The van der Waals surface area contributed by atoms with Gasteiger partial charge in [-0.15, -0.1) is 0 Å². The summed E-state index contributed by atoms with van der Waals surface area (Å²) in [6.07, 6.45) is 1.84. The van der Waals surface area contributed by atoms with E-state index in [0.717, 1.165) is 34.5 Å². The van der Waals surface area contributed by atoms with Crippen LogP contribution in [0.2, 0.25) is 0 Å². The third-order valence-electron chi connectivity index (χ3n) is 2.53. The highest BCUT2D eigenvalue weighted by Crippen LogP contribution is 2.21. The molecule has 0 saturated carbocycles. The Kier molecular flexibility index (Phi) is 5.84. The van der Waals surface area contributed by atoms with Gasteiger partial charge in [0.25, 0.3) is 0 Å². The number of thioether (sulfide) groups is 1. The van der Waals surface area contributed by atoms with Crippen LogP contribution in [0, 0.1) is 11.3 Å². The second-order valence-electron chi connectivity index (χ2n) is 4.02. The first-order valence-electron chi connectivity index (χ1n) is 6.40. The van der Waals surface area contributed by atoms with Gasteiger partial charge in [-0.05, 0) is 42.2 Å². The Morgan fingerprint density at radius 3 is 2.80 bits per heavy atom. The standard InChI is InChI=1S/C14H15N3OS2/c1-2-13-16-14(20-17-13)19-9-3-8-18-12-6-4-11(10-15)5-7-12/h4-7H,2-3,8-9H2,1H3. The molecule has 0 fully saturated rings. The summed E-state index contributed by atoms with van der Waals surface area (Å²) < 4.78 is 10.9. The smallest absolute Gasteiger partial charge is 0.170 e. The summed E-state index contributed by atoms with van der Waals surface area (Å²) in [5, 5.41) is 8.70. The second-order valence-corrected chi connectivity index (χ2v) is 6.11. The summed E-state index contributed by atoms with van der Waals surface area (Å²) in [6.45, 7) is 2.72. The van der Waals surface area contributed by atoms with E-state index in [4.69, 9.17) is 10.00 Å². The van der Waals surface area contributed by atoms with E-state index in [1.807, 2.05) is 12.1 Å². The zero-order chi connectivity index (χ0) is 14.2. The Morgan fingerprint density at radius 2 is 2.15 bits per heavy atom. The van der Waals surface area contributed by atoms with Crippen molar-refractivity contribution in [1.29, 1.82) is 5.26 Å². The van der Waals surface area contributed by atoms with Crippen LogP contribution >= 0.6 is 23.3 Å². The van der Waals surface area contributed by atoms with Crippen LogP contribution in [-0.4, -0.2) is 21.7 Å². The fourth-order valence-corrected chi connectivity index (χ4v) is 3.15. The first kappa shape index (κ1) is 14.8. The molecule has 2 rings (SSSR count). The molecule has 0 N–H and O–H groups in total. The van der Waals surface area contributed by atoms with Crippen molar-refractivity contribution < 1.29 is 4.74 Å². The molecule has 0 amide bonds. The van der Waals surface area contributed by atoms with Crippen LogP contribution in [0.1, 0.15) is 24.7 Å². The first-order valence-corrected chi connectivity index (χ1v) is 8.16. The van der Waals surface area contributed by atoms with Crippen molar-refractivity contribution in [1.82, 2.24) is 9.36 Å². The minimum atomic E-state index is 0.649. The van der Waals surface area contributed by atoms with Crippen molar-refractivity contribution in [2.24, 2.45) is 0 Å². The summed E-state index contributed by atoms with van der Waals surface area (Å²) in [5.74, 6) is 2.69. The molecular weight excluding hydrogens is 290 g/mol. The van der Waals surface area contributed by atoms with E-state index in [1.165, 1.54) is 11.5 Å². The number of aromatic nitrogens is 2. The summed E-state index contributed by atoms with van der Waals surface area (Å²) in [7, 11) is 0. The van der Waals surface area contributed by atoms with E-state index in [0.29, 0.717) is 12.2 Å². The molecule has 20 heavy (non-hydrogen) atoms. The number of rotatable bonds is 7. The average Bonchev–Trinajstić information content (AvgIpc) is 2.95. The summed E-state index contributed by atoms with van der Waals surface area (Å²) >= 11 is 3.18. The molecule has 0 bridgehead atoms. The van der Waals surface area contributed by atoms with Gasteiger partial charge < -0.3 is 4.74 Å². The molecule has 4 nitrogen and oxygen atoms in total. The van der Waals surface area contributed by atoms with E-state index in [-0.39, 0.29) is 0 Å². The van der Waals surface area contributed by atoms with Crippen molar-refractivity contribution in [3.05, 3.63) is 35.7 Å². The quantitative estimate of drug-likeness (QED) is 0.578. The lowest BCUT2D eigenvalue weighted by Crippen LogP contribution is -1.98. The maximum atomic E-state index is 8.70. The van der Waals surface area contributed by atoms with E-state index >= 15 is 0 Å². The molecule has 0 atom stereocenters. The Bertz CT molecular complexity index is 575. The first-order chi connectivity index (χ1) is 9.81. The van der Waals surface area contributed by atoms with Crippen LogP contribution in [0.15, 0.2) is 28.6 Å². The molecule has 104 valence electrons. The molecular formula is C14H15N3OS2. The van der Waals surface area contributed by atoms with Crippen molar-refractivity contribution in [3.8, 4) is 11.8 Å². The fraction of sp³-hybridized carbons (Fsp3) is 0.357. The molecule has 1 heterocycles. The number of hydrogen-bond donors (Lipinski definition) is 0. The van der Waals surface area contributed by atoms with Crippen molar-refractivity contribution in [3.63, 3.8) is 0 Å². The number of hydrogen-bond acceptors (Lipinski definition) is 6. The molecule has 1 aromatic carbocycles. The maximum Gasteiger partial charge on any atom is 0.170 e. The molecule has 6 heteroatoms. The zero-order valence-electron chi connectivity index (χ0n) is 11.2. The van der Waals surface area contributed by atoms with Gasteiger partial charge in [-0.3, -0.25) is 0 Å². The second kappa shape index (κ2) is 7.88. The lowest BCUT2D eigenvalue weighted by atomic mass is 10.2. The van der Waals surface area contributed by atoms with Crippen LogP contribution in [0.3, 0.4) is 0 Å². The predicted molar refractivity (Wildman–Crippen MR) is 81.3 cm³/mol. The number of nitriles is 1. The third-order valence-corrected chi connectivity index (χ3v) is 4.49. The molecule has 2 aromatic rings. The van der Waals surface area contributed by atoms with Crippen LogP contribution in [0.25, 0.3) is 0 Å². The number of nitrogens with zero attached hydrogens (tertiary/aromatic N) is 3. The Labute approximate surface area is 127 Å². The lowest BCUT2D eigenvalue weighted by Gasteiger charge is -2.05. The number of ether oxygens (including phenoxy) is 1. The van der Waals surface area contributed by atoms with Crippen LogP contribution in [0.4, 0.5) is 0 Å². The van der Waals surface area contributed by atoms with Crippen molar-refractivity contribution >= 4 is 23.3 Å². The van der Waals surface area contributed by atoms with Crippen molar-refractivity contribution in [2.75, 3.05) is 12.4 Å². The van der Waals surface area contributed by atoms with Gasteiger partial charge in [0.15, 0.2) is 4.34 Å². The fourth-order valence-electron chi connectivity index (χ4n) is 1.47. The average molecular weight is 305 g/mol. The highest BCUT2D eigenvalue weighted by atomic mass is 32.2. The van der Waals surface area contributed by atoms with Gasteiger partial charge in [0.1, 0.15) is 11.6 Å². The van der Waals surface area contributed by atoms with Crippen LogP contribution in [-0.2, 0) is 6.42 Å². The largest absolute Gasteiger partial charge is 0.494 e. The monoisotopic (exact) mass is 305 g/mol. The lowest BCUT2D eigenvalue weighted by molar-refractivity contribution is 0.318. The van der Waals surface area contributed by atoms with Gasteiger partial charge in [0, 0.05) is 12.2 Å². The molecule has 0 spiro atoms. The highest BCUT2D eigenvalue weighted by molar-refractivity contribution is 8.00. The molecule has 0 aliphatic carbocycles. The number of aryl methyl sites for hydroxylation is 1. The van der Waals surface area contributed by atoms with E-state index in [9.17, 15) is 0 Å². The number of benzene rings is 1. The zero-order valence-corrected chi connectivity index (χ0v) is 12.8. The molecule has 0 unspecified atom stereocenters. The highest BCUT2D eigenvalue weighted by Gasteiger charge is 2.02. The SMILES string of the molecule is CCc1nsc(SCCCOc2ccc(C#N)cc2)n1.